The standard InChI is InChI=1S/C13H17N7S/c1-21-12-10-9(15-8-16-12)11(19-6-7-19)18-13(17-10)20-4-2-14-3-5-20/h8,14H,2-7H2,1H3. The van der Waals surface area contributed by atoms with Crippen LogP contribution in [0.5, 0.6) is 0 Å². The minimum absolute atomic E-state index is 0.802. The Kier molecular flexibility index (Phi) is 3.27. The van der Waals surface area contributed by atoms with Crippen molar-refractivity contribution in [2.24, 2.45) is 0 Å². The maximum Gasteiger partial charge on any atom is 0.228 e. The van der Waals surface area contributed by atoms with Crippen molar-refractivity contribution >= 4 is 34.6 Å². The molecule has 1 N–H and O–H groups in total. The minimum Gasteiger partial charge on any atom is -0.351 e. The van der Waals surface area contributed by atoms with Crippen LogP contribution in [0, 0.1) is 0 Å². The van der Waals surface area contributed by atoms with Gasteiger partial charge in [-0.2, -0.15) is 4.98 Å². The van der Waals surface area contributed by atoms with Crippen molar-refractivity contribution in [3.8, 4) is 0 Å². The van der Waals surface area contributed by atoms with Crippen molar-refractivity contribution in [3.63, 3.8) is 0 Å². The highest BCUT2D eigenvalue weighted by molar-refractivity contribution is 7.98. The zero-order valence-corrected chi connectivity index (χ0v) is 12.7. The van der Waals surface area contributed by atoms with E-state index in [0.717, 1.165) is 67.1 Å². The van der Waals surface area contributed by atoms with Gasteiger partial charge in [0.2, 0.25) is 5.95 Å². The number of piperazine rings is 1. The quantitative estimate of drug-likeness (QED) is 0.495. The molecular formula is C13H17N7S. The van der Waals surface area contributed by atoms with Gasteiger partial charge in [-0.3, -0.25) is 0 Å². The number of nitrogens with zero attached hydrogens (tertiary/aromatic N) is 6. The first kappa shape index (κ1) is 13.0. The van der Waals surface area contributed by atoms with Crippen molar-refractivity contribution in [3.05, 3.63) is 6.33 Å². The summed E-state index contributed by atoms with van der Waals surface area (Å²) < 4.78 is 0. The fourth-order valence-electron chi connectivity index (χ4n) is 2.54. The Morgan fingerprint density at radius 2 is 1.81 bits per heavy atom. The molecule has 2 fully saturated rings. The molecule has 8 heteroatoms. The van der Waals surface area contributed by atoms with E-state index in [1.165, 1.54) is 0 Å². The molecule has 0 amide bonds. The van der Waals surface area contributed by atoms with E-state index < -0.39 is 0 Å². The van der Waals surface area contributed by atoms with Crippen LogP contribution in [-0.4, -0.2) is 65.5 Å². The van der Waals surface area contributed by atoms with Crippen LogP contribution in [0.4, 0.5) is 11.8 Å². The molecule has 2 aliphatic rings. The van der Waals surface area contributed by atoms with Crippen molar-refractivity contribution in [1.82, 2.24) is 25.3 Å². The van der Waals surface area contributed by atoms with E-state index in [2.05, 4.69) is 25.1 Å². The summed E-state index contributed by atoms with van der Waals surface area (Å²) in [5.41, 5.74) is 1.74. The SMILES string of the molecule is CSc1ncnc2c(N3CC3)nc(N3CCNCC3)nc12. The molecule has 0 aromatic carbocycles. The topological polar surface area (TPSA) is 69.8 Å². The van der Waals surface area contributed by atoms with Crippen LogP contribution in [0.25, 0.3) is 11.0 Å². The molecule has 2 aromatic rings. The monoisotopic (exact) mass is 303 g/mol. The molecule has 0 bridgehead atoms. The number of anilines is 2. The molecule has 21 heavy (non-hydrogen) atoms. The highest BCUT2D eigenvalue weighted by atomic mass is 32.2. The lowest BCUT2D eigenvalue weighted by Crippen LogP contribution is -2.44. The molecule has 0 unspecified atom stereocenters. The van der Waals surface area contributed by atoms with Gasteiger partial charge in [0.25, 0.3) is 0 Å². The second kappa shape index (κ2) is 5.27. The molecule has 7 nitrogen and oxygen atoms in total. The summed E-state index contributed by atoms with van der Waals surface area (Å²) in [5, 5.41) is 4.28. The first-order chi connectivity index (χ1) is 10.4. The summed E-state index contributed by atoms with van der Waals surface area (Å²) in [6.45, 7) is 5.92. The molecule has 4 rings (SSSR count). The lowest BCUT2D eigenvalue weighted by atomic mass is 10.3. The molecule has 0 saturated carbocycles. The lowest BCUT2D eigenvalue weighted by Gasteiger charge is -2.28. The number of hydrogen-bond donors (Lipinski definition) is 1. The maximum atomic E-state index is 4.78. The van der Waals surface area contributed by atoms with Gasteiger partial charge < -0.3 is 15.1 Å². The van der Waals surface area contributed by atoms with Crippen molar-refractivity contribution in [2.45, 2.75) is 5.03 Å². The Labute approximate surface area is 127 Å². The highest BCUT2D eigenvalue weighted by Crippen LogP contribution is 2.31. The first-order valence-corrected chi connectivity index (χ1v) is 8.36. The van der Waals surface area contributed by atoms with E-state index in [0.29, 0.717) is 0 Å². The van der Waals surface area contributed by atoms with Crippen molar-refractivity contribution in [2.75, 3.05) is 55.3 Å². The molecule has 2 aliphatic heterocycles. The molecule has 0 radical (unpaired) electrons. The molecule has 0 atom stereocenters. The number of rotatable bonds is 3. The average molecular weight is 303 g/mol. The van der Waals surface area contributed by atoms with E-state index in [1.807, 2.05) is 6.26 Å². The Bertz CT molecular complexity index is 667. The third kappa shape index (κ3) is 2.38. The van der Waals surface area contributed by atoms with Gasteiger partial charge in [-0.15, -0.1) is 11.8 Å². The van der Waals surface area contributed by atoms with E-state index in [4.69, 9.17) is 9.97 Å². The minimum atomic E-state index is 0.802. The number of hydrogen-bond acceptors (Lipinski definition) is 8. The van der Waals surface area contributed by atoms with Crippen molar-refractivity contribution in [1.29, 1.82) is 0 Å². The Hall–Kier alpha value is -1.67. The van der Waals surface area contributed by atoms with Crippen LogP contribution >= 0.6 is 11.8 Å². The summed E-state index contributed by atoms with van der Waals surface area (Å²) in [6.07, 6.45) is 3.63. The molecular weight excluding hydrogens is 286 g/mol. The van der Waals surface area contributed by atoms with Gasteiger partial charge in [0.05, 0.1) is 0 Å². The predicted molar refractivity (Wildman–Crippen MR) is 84.2 cm³/mol. The highest BCUT2D eigenvalue weighted by Gasteiger charge is 2.26. The van der Waals surface area contributed by atoms with Crippen LogP contribution < -0.4 is 15.1 Å². The number of fused-ring (bicyclic) bond motifs is 1. The zero-order chi connectivity index (χ0) is 14.2. The summed E-state index contributed by atoms with van der Waals surface area (Å²) in [7, 11) is 0. The molecule has 0 aliphatic carbocycles. The van der Waals surface area contributed by atoms with E-state index in [1.54, 1.807) is 18.1 Å². The van der Waals surface area contributed by atoms with Crippen LogP contribution in [0.3, 0.4) is 0 Å². The van der Waals surface area contributed by atoms with Crippen LogP contribution in [0.2, 0.25) is 0 Å². The van der Waals surface area contributed by atoms with E-state index in [9.17, 15) is 0 Å². The molecule has 2 aromatic heterocycles. The predicted octanol–water partition coefficient (Wildman–Crippen LogP) is 0.371. The molecule has 4 heterocycles. The smallest absolute Gasteiger partial charge is 0.228 e. The second-order valence-corrected chi connectivity index (χ2v) is 5.95. The Morgan fingerprint density at radius 1 is 1.00 bits per heavy atom. The van der Waals surface area contributed by atoms with Gasteiger partial charge >= 0.3 is 0 Å². The summed E-state index contributed by atoms with van der Waals surface area (Å²) >= 11 is 1.60. The normalized spacial score (nSPS) is 18.3. The maximum absolute atomic E-state index is 4.78. The van der Waals surface area contributed by atoms with Gasteiger partial charge in [0, 0.05) is 39.3 Å². The molecule has 2 saturated heterocycles. The first-order valence-electron chi connectivity index (χ1n) is 7.14. The van der Waals surface area contributed by atoms with Crippen LogP contribution in [0.1, 0.15) is 0 Å². The number of aromatic nitrogens is 4. The zero-order valence-electron chi connectivity index (χ0n) is 11.9. The summed E-state index contributed by atoms with van der Waals surface area (Å²) in [6, 6.07) is 0. The number of nitrogens with one attached hydrogen (secondary N) is 1. The fraction of sp³-hybridized carbons (Fsp3) is 0.538. The third-order valence-corrected chi connectivity index (χ3v) is 4.44. The molecule has 110 valence electrons. The second-order valence-electron chi connectivity index (χ2n) is 5.15. The van der Waals surface area contributed by atoms with Gasteiger partial charge in [-0.1, -0.05) is 0 Å². The Balaban J connectivity index is 1.87. The summed E-state index contributed by atoms with van der Waals surface area (Å²) in [4.78, 5) is 22.8. The van der Waals surface area contributed by atoms with Gasteiger partial charge in [0.1, 0.15) is 22.4 Å². The summed E-state index contributed by atoms with van der Waals surface area (Å²) in [5.74, 6) is 1.75. The van der Waals surface area contributed by atoms with Gasteiger partial charge in [-0.25, -0.2) is 15.0 Å². The van der Waals surface area contributed by atoms with Crippen LogP contribution in [0.15, 0.2) is 11.4 Å². The van der Waals surface area contributed by atoms with Gasteiger partial charge in [-0.05, 0) is 6.26 Å². The molecule has 0 spiro atoms. The Morgan fingerprint density at radius 3 is 2.52 bits per heavy atom. The largest absolute Gasteiger partial charge is 0.351 e. The van der Waals surface area contributed by atoms with Crippen molar-refractivity contribution < 1.29 is 0 Å². The van der Waals surface area contributed by atoms with E-state index >= 15 is 0 Å². The average Bonchev–Trinajstić information content (AvgIpc) is 3.39. The van der Waals surface area contributed by atoms with E-state index in [-0.39, 0.29) is 0 Å². The fourth-order valence-corrected chi connectivity index (χ4v) is 3.03. The lowest BCUT2D eigenvalue weighted by molar-refractivity contribution is 0.580. The third-order valence-electron chi connectivity index (χ3n) is 3.76. The van der Waals surface area contributed by atoms with Crippen LogP contribution in [-0.2, 0) is 0 Å². The van der Waals surface area contributed by atoms with Gasteiger partial charge in [0.15, 0.2) is 5.82 Å². The number of thioether (sulfide) groups is 1.